The maximum atomic E-state index is 12.8. The van der Waals surface area contributed by atoms with Crippen LogP contribution in [0.5, 0.6) is 0 Å². The van der Waals surface area contributed by atoms with Gasteiger partial charge in [-0.05, 0) is 49.7 Å². The predicted octanol–water partition coefficient (Wildman–Crippen LogP) is 3.61. The van der Waals surface area contributed by atoms with Crippen LogP contribution < -0.4 is 5.73 Å². The van der Waals surface area contributed by atoms with Gasteiger partial charge in [-0.2, -0.15) is 18.3 Å². The Kier molecular flexibility index (Phi) is 4.97. The molecular formula is C21H26F3N5O. The van der Waals surface area contributed by atoms with E-state index in [0.717, 1.165) is 50.0 Å². The van der Waals surface area contributed by atoms with Crippen molar-refractivity contribution >= 4 is 5.82 Å². The number of fused-ring (bicyclic) bond motifs is 1. The van der Waals surface area contributed by atoms with Crippen molar-refractivity contribution < 1.29 is 17.9 Å². The fourth-order valence-corrected chi connectivity index (χ4v) is 4.36. The minimum atomic E-state index is -4.51. The lowest BCUT2D eigenvalue weighted by Gasteiger charge is -2.35. The van der Waals surface area contributed by atoms with Gasteiger partial charge in [0.15, 0.2) is 0 Å². The summed E-state index contributed by atoms with van der Waals surface area (Å²) in [4.78, 5) is 6.23. The van der Waals surface area contributed by atoms with Crippen molar-refractivity contribution in [2.45, 2.75) is 43.9 Å². The zero-order chi connectivity index (χ0) is 20.9. The van der Waals surface area contributed by atoms with Crippen molar-refractivity contribution in [1.29, 1.82) is 0 Å². The van der Waals surface area contributed by atoms with Crippen LogP contribution in [0.3, 0.4) is 0 Å². The summed E-state index contributed by atoms with van der Waals surface area (Å²) in [6, 6.07) is 3.86. The monoisotopic (exact) mass is 421 g/mol. The number of alkyl halides is 3. The second-order valence-corrected chi connectivity index (χ2v) is 8.82. The first-order valence-electron chi connectivity index (χ1n) is 10.6. The quantitative estimate of drug-likeness (QED) is 0.820. The van der Waals surface area contributed by atoms with Gasteiger partial charge in [-0.15, -0.1) is 0 Å². The molecule has 2 aliphatic heterocycles. The first-order chi connectivity index (χ1) is 14.4. The molecule has 2 N–H and O–H groups in total. The van der Waals surface area contributed by atoms with Gasteiger partial charge in [0.05, 0.1) is 36.6 Å². The molecule has 2 aromatic heterocycles. The van der Waals surface area contributed by atoms with Gasteiger partial charge < -0.3 is 10.5 Å². The molecule has 9 heteroatoms. The maximum Gasteiger partial charge on any atom is 0.419 e. The highest BCUT2D eigenvalue weighted by Crippen LogP contribution is 2.46. The first-order valence-corrected chi connectivity index (χ1v) is 10.6. The van der Waals surface area contributed by atoms with Crippen LogP contribution in [0.1, 0.15) is 37.3 Å². The summed E-state index contributed by atoms with van der Waals surface area (Å²) >= 11 is 0. The molecule has 2 saturated carbocycles. The summed E-state index contributed by atoms with van der Waals surface area (Å²) in [5.41, 5.74) is 5.16. The summed E-state index contributed by atoms with van der Waals surface area (Å²) < 4.78 is 45.4. The van der Waals surface area contributed by atoms with Crippen LogP contribution in [-0.4, -0.2) is 52.0 Å². The van der Waals surface area contributed by atoms with Crippen LogP contribution in [0.25, 0.3) is 11.3 Å². The minimum absolute atomic E-state index is 0.324. The lowest BCUT2D eigenvalue weighted by atomic mass is 9.93. The summed E-state index contributed by atoms with van der Waals surface area (Å²) in [6.45, 7) is 4.75. The standard InChI is InChI=1S/C13H13F3N4.C8H13NO/c14-13(15,16)10-6-8(7-18-12(10)17)11-4-5-20(19-11)9-2-1-3-9;1-6-2-9(3-7(1)6)8-4-10-5-8/h4-7,9H,1-3H2,(H2,17,18);6-8H,1-5H2. The predicted molar refractivity (Wildman–Crippen MR) is 106 cm³/mol. The molecule has 4 fully saturated rings. The molecule has 2 saturated heterocycles. The Labute approximate surface area is 173 Å². The molecular weight excluding hydrogens is 395 g/mol. The van der Waals surface area contributed by atoms with E-state index < -0.39 is 17.6 Å². The van der Waals surface area contributed by atoms with Gasteiger partial charge in [0, 0.05) is 31.0 Å². The number of nitrogen functional groups attached to an aromatic ring is 1. The number of anilines is 1. The Morgan fingerprint density at radius 1 is 1.10 bits per heavy atom. The third-order valence-corrected chi connectivity index (χ3v) is 6.72. The number of hydrogen-bond donors (Lipinski definition) is 1. The third-order valence-electron chi connectivity index (χ3n) is 6.72. The van der Waals surface area contributed by atoms with E-state index in [9.17, 15) is 13.2 Å². The van der Waals surface area contributed by atoms with E-state index in [1.165, 1.54) is 32.1 Å². The van der Waals surface area contributed by atoms with Crippen LogP contribution in [0.2, 0.25) is 0 Å². The van der Waals surface area contributed by atoms with Gasteiger partial charge >= 0.3 is 6.18 Å². The molecule has 2 unspecified atom stereocenters. The van der Waals surface area contributed by atoms with Crippen molar-refractivity contribution in [3.63, 3.8) is 0 Å². The second-order valence-electron chi connectivity index (χ2n) is 8.82. The van der Waals surface area contributed by atoms with Crippen LogP contribution in [-0.2, 0) is 10.9 Å². The molecule has 4 aliphatic rings. The van der Waals surface area contributed by atoms with Crippen molar-refractivity contribution in [3.8, 4) is 11.3 Å². The molecule has 30 heavy (non-hydrogen) atoms. The summed E-state index contributed by atoms with van der Waals surface area (Å²) in [5.74, 6) is 1.65. The number of nitrogens with two attached hydrogens (primary N) is 1. The van der Waals surface area contributed by atoms with Crippen LogP contribution in [0.15, 0.2) is 24.5 Å². The number of rotatable bonds is 3. The van der Waals surface area contributed by atoms with E-state index in [4.69, 9.17) is 10.5 Å². The lowest BCUT2D eigenvalue weighted by molar-refractivity contribution is -0.137. The molecule has 6 rings (SSSR count). The van der Waals surface area contributed by atoms with Crippen molar-refractivity contribution in [2.75, 3.05) is 32.0 Å². The summed E-state index contributed by atoms with van der Waals surface area (Å²) in [5, 5.41) is 4.32. The lowest BCUT2D eigenvalue weighted by Crippen LogP contribution is -2.48. The Hall–Kier alpha value is -2.13. The number of aromatic nitrogens is 3. The van der Waals surface area contributed by atoms with Gasteiger partial charge in [0.2, 0.25) is 0 Å². The molecule has 2 aromatic rings. The number of hydrogen-bond acceptors (Lipinski definition) is 5. The summed E-state index contributed by atoms with van der Waals surface area (Å²) in [7, 11) is 0. The van der Waals surface area contributed by atoms with Crippen molar-refractivity contribution in [1.82, 2.24) is 19.7 Å². The summed E-state index contributed by atoms with van der Waals surface area (Å²) in [6.07, 6.45) is 3.42. The highest BCUT2D eigenvalue weighted by Gasteiger charge is 2.47. The zero-order valence-corrected chi connectivity index (χ0v) is 16.7. The van der Waals surface area contributed by atoms with E-state index in [0.29, 0.717) is 17.3 Å². The maximum absolute atomic E-state index is 12.8. The Morgan fingerprint density at radius 2 is 1.83 bits per heavy atom. The van der Waals surface area contributed by atoms with Gasteiger partial charge in [-0.3, -0.25) is 9.58 Å². The molecule has 0 aromatic carbocycles. The molecule has 6 nitrogen and oxygen atoms in total. The SMILES string of the molecule is C1C2CN(C3COC3)CC12.Nc1ncc(-c2ccn(C3CCC3)n2)cc1C(F)(F)F. The molecule has 0 bridgehead atoms. The number of likely N-dealkylation sites (tertiary alicyclic amines) is 1. The molecule has 162 valence electrons. The van der Waals surface area contributed by atoms with Gasteiger partial charge in [-0.25, -0.2) is 4.98 Å². The van der Waals surface area contributed by atoms with E-state index in [1.807, 2.05) is 4.68 Å². The molecule has 0 amide bonds. The van der Waals surface area contributed by atoms with E-state index in [1.54, 1.807) is 12.3 Å². The average molecular weight is 421 g/mol. The molecule has 0 radical (unpaired) electrons. The Balaban J connectivity index is 0.000000159. The van der Waals surface area contributed by atoms with Crippen molar-refractivity contribution in [3.05, 3.63) is 30.1 Å². The number of nitrogens with zero attached hydrogens (tertiary/aromatic N) is 4. The zero-order valence-electron chi connectivity index (χ0n) is 16.7. The molecule has 2 atom stereocenters. The highest BCUT2D eigenvalue weighted by atomic mass is 19.4. The van der Waals surface area contributed by atoms with Gasteiger partial charge in [-0.1, -0.05) is 0 Å². The van der Waals surface area contributed by atoms with Gasteiger partial charge in [0.25, 0.3) is 0 Å². The largest absolute Gasteiger partial charge is 0.419 e. The number of ether oxygens (including phenoxy) is 1. The fourth-order valence-electron chi connectivity index (χ4n) is 4.36. The van der Waals surface area contributed by atoms with E-state index in [-0.39, 0.29) is 0 Å². The van der Waals surface area contributed by atoms with Gasteiger partial charge in [0.1, 0.15) is 5.82 Å². The average Bonchev–Trinajstić information content (AvgIpc) is 3.00. The topological polar surface area (TPSA) is 69.2 Å². The molecule has 0 spiro atoms. The number of piperidine rings is 1. The molecule has 4 heterocycles. The Morgan fingerprint density at radius 3 is 2.40 bits per heavy atom. The number of pyridine rings is 1. The third kappa shape index (κ3) is 3.92. The van der Waals surface area contributed by atoms with Crippen LogP contribution in [0.4, 0.5) is 19.0 Å². The van der Waals surface area contributed by atoms with E-state index in [2.05, 4.69) is 15.0 Å². The highest BCUT2D eigenvalue weighted by molar-refractivity contribution is 5.61. The van der Waals surface area contributed by atoms with Crippen LogP contribution in [0, 0.1) is 11.8 Å². The minimum Gasteiger partial charge on any atom is -0.383 e. The first kappa shape index (κ1) is 19.8. The van der Waals surface area contributed by atoms with E-state index >= 15 is 0 Å². The fraction of sp³-hybridized carbons (Fsp3) is 0.619. The second kappa shape index (κ2) is 7.53. The molecule has 2 aliphatic carbocycles. The van der Waals surface area contributed by atoms with Crippen LogP contribution >= 0.6 is 0 Å². The Bertz CT molecular complexity index is 896. The normalized spacial score (nSPS) is 26.4. The smallest absolute Gasteiger partial charge is 0.383 e. The van der Waals surface area contributed by atoms with Crippen molar-refractivity contribution in [2.24, 2.45) is 11.8 Å². The number of halogens is 3.